The molecule has 2 amide bonds. The fraction of sp³-hybridized carbons (Fsp3) is 0.200. The van der Waals surface area contributed by atoms with Crippen molar-refractivity contribution in [1.82, 2.24) is 9.80 Å². The maximum atomic E-state index is 13.5. The second-order valence-corrected chi connectivity index (χ2v) is 9.01. The van der Waals surface area contributed by atoms with Crippen molar-refractivity contribution in [2.24, 2.45) is 0 Å². The molecule has 2 aromatic carbocycles. The lowest BCUT2D eigenvalue weighted by atomic mass is 9.93. The molecule has 0 bridgehead atoms. The van der Waals surface area contributed by atoms with E-state index in [4.69, 9.17) is 11.6 Å². The van der Waals surface area contributed by atoms with Gasteiger partial charge in [0, 0.05) is 28.6 Å². The molecule has 1 aliphatic heterocycles. The van der Waals surface area contributed by atoms with Gasteiger partial charge in [-0.25, -0.2) is 4.39 Å². The van der Waals surface area contributed by atoms with Crippen LogP contribution in [0.3, 0.4) is 0 Å². The summed E-state index contributed by atoms with van der Waals surface area (Å²) >= 11 is 7.71. The highest BCUT2D eigenvalue weighted by atomic mass is 35.5. The number of halogens is 2. The van der Waals surface area contributed by atoms with Gasteiger partial charge in [-0.2, -0.15) is 0 Å². The van der Waals surface area contributed by atoms with E-state index in [1.54, 1.807) is 58.7 Å². The Morgan fingerprint density at radius 2 is 2.00 bits per heavy atom. The molecule has 1 atom stereocenters. The molecule has 1 aromatic heterocycles. The minimum atomic E-state index is -0.322. The predicted molar refractivity (Wildman–Crippen MR) is 126 cm³/mol. The van der Waals surface area contributed by atoms with Crippen LogP contribution in [0.25, 0.3) is 0 Å². The molecule has 7 heteroatoms. The number of carbonyl (C=O) groups is 2. The Labute approximate surface area is 195 Å². The molecule has 0 N–H and O–H groups in total. The largest absolute Gasteiger partial charge is 0.330 e. The average Bonchev–Trinajstić information content (AvgIpc) is 3.27. The Hall–Kier alpha value is -2.96. The first-order valence-electron chi connectivity index (χ1n) is 10.2. The lowest BCUT2D eigenvalue weighted by Crippen LogP contribution is -2.46. The Bertz CT molecular complexity index is 1140. The van der Waals surface area contributed by atoms with Crippen molar-refractivity contribution in [3.63, 3.8) is 0 Å². The van der Waals surface area contributed by atoms with Gasteiger partial charge < -0.3 is 9.80 Å². The summed E-state index contributed by atoms with van der Waals surface area (Å²) in [7, 11) is 0. The lowest BCUT2D eigenvalue weighted by Gasteiger charge is -2.37. The van der Waals surface area contributed by atoms with E-state index in [0.717, 1.165) is 17.5 Å². The number of thiophene rings is 1. The van der Waals surface area contributed by atoms with E-state index >= 15 is 0 Å². The maximum Gasteiger partial charge on any atom is 0.254 e. The van der Waals surface area contributed by atoms with Crippen LogP contribution in [0.1, 0.15) is 32.4 Å². The summed E-state index contributed by atoms with van der Waals surface area (Å²) < 4.78 is 13.5. The standard InChI is InChI=1S/C25H22ClFN2O2S/c1-2-12-28(25(31)18-4-3-5-19(26)15-18)16-23(30)29-13-10-22-21(11-14-32-22)24(29)17-6-8-20(27)9-7-17/h2-9,11,14-15,24H,1,10,12-13,16H2. The van der Waals surface area contributed by atoms with Crippen molar-refractivity contribution in [2.45, 2.75) is 12.5 Å². The molecule has 4 nitrogen and oxygen atoms in total. The third-order valence-electron chi connectivity index (χ3n) is 5.51. The Kier molecular flexibility index (Phi) is 6.72. The molecule has 0 fully saturated rings. The summed E-state index contributed by atoms with van der Waals surface area (Å²) in [6.45, 7) is 4.40. The van der Waals surface area contributed by atoms with E-state index in [1.807, 2.05) is 11.4 Å². The van der Waals surface area contributed by atoms with Gasteiger partial charge in [0.05, 0.1) is 6.04 Å². The van der Waals surface area contributed by atoms with Gasteiger partial charge in [0.2, 0.25) is 5.91 Å². The number of nitrogens with zero attached hydrogens (tertiary/aromatic N) is 2. The molecule has 0 radical (unpaired) electrons. The second-order valence-electron chi connectivity index (χ2n) is 7.58. The molecular formula is C25H22ClFN2O2S. The monoisotopic (exact) mass is 468 g/mol. The van der Waals surface area contributed by atoms with Gasteiger partial charge in [-0.05, 0) is 59.3 Å². The summed E-state index contributed by atoms with van der Waals surface area (Å²) in [6.07, 6.45) is 2.35. The molecule has 1 aliphatic rings. The van der Waals surface area contributed by atoms with Crippen molar-refractivity contribution in [1.29, 1.82) is 0 Å². The predicted octanol–water partition coefficient (Wildman–Crippen LogP) is 5.34. The zero-order valence-electron chi connectivity index (χ0n) is 17.3. The van der Waals surface area contributed by atoms with E-state index in [-0.39, 0.29) is 36.8 Å². The fourth-order valence-electron chi connectivity index (χ4n) is 4.02. The van der Waals surface area contributed by atoms with Crippen LogP contribution >= 0.6 is 22.9 Å². The molecule has 0 spiro atoms. The van der Waals surface area contributed by atoms with Crippen LogP contribution in [-0.4, -0.2) is 41.2 Å². The van der Waals surface area contributed by atoms with Crippen LogP contribution < -0.4 is 0 Å². The van der Waals surface area contributed by atoms with Gasteiger partial charge in [-0.1, -0.05) is 35.9 Å². The number of rotatable bonds is 6. The topological polar surface area (TPSA) is 40.6 Å². The van der Waals surface area contributed by atoms with Gasteiger partial charge in [0.25, 0.3) is 5.91 Å². The molecule has 4 rings (SSSR count). The van der Waals surface area contributed by atoms with Gasteiger partial charge in [0.1, 0.15) is 12.4 Å². The maximum absolute atomic E-state index is 13.5. The zero-order valence-corrected chi connectivity index (χ0v) is 18.9. The van der Waals surface area contributed by atoms with E-state index in [0.29, 0.717) is 17.1 Å². The summed E-state index contributed by atoms with van der Waals surface area (Å²) in [4.78, 5) is 31.0. The molecule has 0 saturated carbocycles. The molecule has 0 saturated heterocycles. The van der Waals surface area contributed by atoms with Gasteiger partial charge in [-0.3, -0.25) is 9.59 Å². The molecule has 3 aromatic rings. The quantitative estimate of drug-likeness (QED) is 0.458. The van der Waals surface area contributed by atoms with Crippen molar-refractivity contribution in [3.05, 3.63) is 105 Å². The highest BCUT2D eigenvalue weighted by Gasteiger charge is 2.34. The van der Waals surface area contributed by atoms with Gasteiger partial charge >= 0.3 is 0 Å². The minimum Gasteiger partial charge on any atom is -0.330 e. The third-order valence-corrected chi connectivity index (χ3v) is 6.74. The fourth-order valence-corrected chi connectivity index (χ4v) is 5.12. The van der Waals surface area contributed by atoms with Crippen molar-refractivity contribution < 1.29 is 14.0 Å². The lowest BCUT2D eigenvalue weighted by molar-refractivity contribution is -0.133. The Balaban J connectivity index is 1.61. The number of amides is 2. The Morgan fingerprint density at radius 3 is 2.72 bits per heavy atom. The van der Waals surface area contributed by atoms with Crippen LogP contribution in [-0.2, 0) is 11.2 Å². The van der Waals surface area contributed by atoms with E-state index in [9.17, 15) is 14.0 Å². The highest BCUT2D eigenvalue weighted by molar-refractivity contribution is 7.10. The normalized spacial score (nSPS) is 15.2. The molecule has 0 aliphatic carbocycles. The van der Waals surface area contributed by atoms with Crippen LogP contribution in [0, 0.1) is 5.82 Å². The number of fused-ring (bicyclic) bond motifs is 1. The molecule has 1 unspecified atom stereocenters. The average molecular weight is 469 g/mol. The smallest absolute Gasteiger partial charge is 0.254 e. The van der Waals surface area contributed by atoms with E-state index < -0.39 is 0 Å². The van der Waals surface area contributed by atoms with Crippen molar-refractivity contribution in [2.75, 3.05) is 19.6 Å². The molecular weight excluding hydrogens is 447 g/mol. The molecule has 164 valence electrons. The molecule has 2 heterocycles. The number of benzene rings is 2. The number of carbonyl (C=O) groups excluding carboxylic acids is 2. The van der Waals surface area contributed by atoms with Crippen LogP contribution in [0.5, 0.6) is 0 Å². The van der Waals surface area contributed by atoms with Gasteiger partial charge in [0.15, 0.2) is 0 Å². The van der Waals surface area contributed by atoms with Crippen LogP contribution in [0.4, 0.5) is 4.39 Å². The van der Waals surface area contributed by atoms with Gasteiger partial charge in [-0.15, -0.1) is 17.9 Å². The number of hydrogen-bond acceptors (Lipinski definition) is 3. The SMILES string of the molecule is C=CCN(CC(=O)N1CCc2sccc2C1c1ccc(F)cc1)C(=O)c1cccc(Cl)c1. The first kappa shape index (κ1) is 22.2. The minimum absolute atomic E-state index is 0.0888. The number of hydrogen-bond donors (Lipinski definition) is 0. The van der Waals surface area contributed by atoms with E-state index in [2.05, 4.69) is 6.58 Å². The first-order chi connectivity index (χ1) is 15.5. The summed E-state index contributed by atoms with van der Waals surface area (Å²) in [5.41, 5.74) is 2.31. The van der Waals surface area contributed by atoms with E-state index in [1.165, 1.54) is 21.9 Å². The summed E-state index contributed by atoms with van der Waals surface area (Å²) in [5, 5.41) is 2.47. The third kappa shape index (κ3) is 4.61. The van der Waals surface area contributed by atoms with Crippen LogP contribution in [0.15, 0.2) is 72.6 Å². The second kappa shape index (κ2) is 9.67. The van der Waals surface area contributed by atoms with Crippen molar-refractivity contribution in [3.8, 4) is 0 Å². The molecule has 32 heavy (non-hydrogen) atoms. The Morgan fingerprint density at radius 1 is 1.22 bits per heavy atom. The van der Waals surface area contributed by atoms with Crippen molar-refractivity contribution >= 4 is 34.8 Å². The zero-order chi connectivity index (χ0) is 22.7. The summed E-state index contributed by atoms with van der Waals surface area (Å²) in [6, 6.07) is 14.6. The van der Waals surface area contributed by atoms with Crippen LogP contribution in [0.2, 0.25) is 5.02 Å². The highest BCUT2D eigenvalue weighted by Crippen LogP contribution is 2.38. The summed E-state index contributed by atoms with van der Waals surface area (Å²) in [5.74, 6) is -0.780. The first-order valence-corrected chi connectivity index (χ1v) is 11.5.